The molecule has 0 fully saturated rings. The maximum atomic E-state index is 4.04. The summed E-state index contributed by atoms with van der Waals surface area (Å²) < 4.78 is 0. The van der Waals surface area contributed by atoms with Crippen LogP contribution in [-0.2, 0) is 0 Å². The molecule has 2 heteroatoms. The summed E-state index contributed by atoms with van der Waals surface area (Å²) in [5, 5.41) is 6.06. The van der Waals surface area contributed by atoms with Gasteiger partial charge in [-0.05, 0) is 6.92 Å². The van der Waals surface area contributed by atoms with E-state index in [0.29, 0.717) is 0 Å². The number of hydrazone groups is 1. The lowest BCUT2D eigenvalue weighted by molar-refractivity contribution is 0.582. The molecule has 7 heavy (non-hydrogen) atoms. The van der Waals surface area contributed by atoms with E-state index in [1.54, 1.807) is 0 Å². The predicted molar refractivity (Wildman–Crippen MR) is 30.1 cm³/mol. The summed E-state index contributed by atoms with van der Waals surface area (Å²) in [6.45, 7) is 5.27. The first kappa shape index (κ1) is 4.62. The smallest absolute Gasteiger partial charge is 0.145 e. The number of rotatable bonds is 2. The van der Waals surface area contributed by atoms with Crippen LogP contribution in [0.2, 0.25) is 0 Å². The Morgan fingerprint density at radius 1 is 1.57 bits per heavy atom. The van der Waals surface area contributed by atoms with Crippen molar-refractivity contribution in [2.45, 2.75) is 20.3 Å². The lowest BCUT2D eigenvalue weighted by Gasteiger charge is -1.89. The molecule has 0 bridgehead atoms. The van der Waals surface area contributed by atoms with Crippen LogP contribution in [0.5, 0.6) is 0 Å². The summed E-state index contributed by atoms with van der Waals surface area (Å²) in [6.07, 6.45) is 1.09. The molecule has 0 spiro atoms. The molecule has 1 rings (SSSR count). The Bertz CT molecular complexity index is 96.3. The summed E-state index contributed by atoms with van der Waals surface area (Å²) in [6, 6.07) is 0. The quantitative estimate of drug-likeness (QED) is 0.504. The summed E-state index contributed by atoms with van der Waals surface area (Å²) in [5.41, 5.74) is 0. The highest BCUT2D eigenvalue weighted by atomic mass is 15.6. The Morgan fingerprint density at radius 3 is 2.43 bits per heavy atom. The molecular formula is C5H10N2. The number of hydrogen-bond acceptors (Lipinski definition) is 2. The van der Waals surface area contributed by atoms with Gasteiger partial charge in [0, 0.05) is 13.0 Å². The van der Waals surface area contributed by atoms with Crippen LogP contribution in [0.3, 0.4) is 0 Å². The van der Waals surface area contributed by atoms with Crippen molar-refractivity contribution < 1.29 is 0 Å². The molecule has 0 radical (unpaired) electrons. The van der Waals surface area contributed by atoms with Gasteiger partial charge in [-0.3, -0.25) is 0 Å². The van der Waals surface area contributed by atoms with Crippen LogP contribution in [0.1, 0.15) is 20.3 Å². The highest BCUT2D eigenvalue weighted by molar-refractivity contribution is 5.90. The maximum Gasteiger partial charge on any atom is 0.145 e. The van der Waals surface area contributed by atoms with Gasteiger partial charge in [0.15, 0.2) is 0 Å². The van der Waals surface area contributed by atoms with E-state index in [1.807, 2.05) is 5.01 Å². The normalized spacial score (nSPS) is 16.9. The molecule has 2 nitrogen and oxygen atoms in total. The summed E-state index contributed by atoms with van der Waals surface area (Å²) in [4.78, 5) is 0. The average Bonchev–Trinajstić information content (AvgIpc) is 2.43. The molecule has 0 atom stereocenters. The second-order valence-electron chi connectivity index (χ2n) is 1.59. The molecule has 0 saturated heterocycles. The van der Waals surface area contributed by atoms with E-state index in [0.717, 1.165) is 13.0 Å². The van der Waals surface area contributed by atoms with Gasteiger partial charge in [0.2, 0.25) is 0 Å². The van der Waals surface area contributed by atoms with Crippen molar-refractivity contribution in [3.63, 3.8) is 0 Å². The van der Waals surface area contributed by atoms with E-state index < -0.39 is 0 Å². The molecule has 1 aliphatic rings. The number of hydrogen-bond donors (Lipinski definition) is 0. The van der Waals surface area contributed by atoms with Gasteiger partial charge in [-0.25, -0.2) is 5.01 Å². The Morgan fingerprint density at radius 2 is 2.29 bits per heavy atom. The molecular weight excluding hydrogens is 88.1 g/mol. The third kappa shape index (κ3) is 0.734. The van der Waals surface area contributed by atoms with E-state index in [9.17, 15) is 0 Å². The first-order valence-electron chi connectivity index (χ1n) is 2.73. The summed E-state index contributed by atoms with van der Waals surface area (Å²) >= 11 is 0. The molecule has 0 unspecified atom stereocenters. The van der Waals surface area contributed by atoms with Crippen molar-refractivity contribution >= 4 is 5.84 Å². The molecule has 1 aliphatic heterocycles. The van der Waals surface area contributed by atoms with Crippen LogP contribution in [0.15, 0.2) is 5.10 Å². The van der Waals surface area contributed by atoms with Crippen molar-refractivity contribution in [2.24, 2.45) is 5.10 Å². The van der Waals surface area contributed by atoms with Crippen LogP contribution < -0.4 is 0 Å². The Labute approximate surface area is 43.8 Å². The second kappa shape index (κ2) is 1.52. The summed E-state index contributed by atoms with van der Waals surface area (Å²) in [7, 11) is 0. The highest BCUT2D eigenvalue weighted by Gasteiger charge is 2.17. The fourth-order valence-electron chi connectivity index (χ4n) is 0.623. The molecule has 0 amide bonds. The van der Waals surface area contributed by atoms with Gasteiger partial charge in [-0.2, -0.15) is 5.10 Å². The first-order valence-corrected chi connectivity index (χ1v) is 2.73. The van der Waals surface area contributed by atoms with Crippen LogP contribution in [0, 0.1) is 0 Å². The fraction of sp³-hybridized carbons (Fsp3) is 0.800. The van der Waals surface area contributed by atoms with E-state index >= 15 is 0 Å². The van der Waals surface area contributed by atoms with Crippen molar-refractivity contribution in [1.29, 1.82) is 0 Å². The Balaban J connectivity index is 2.14. The van der Waals surface area contributed by atoms with Crippen molar-refractivity contribution in [3.05, 3.63) is 0 Å². The third-order valence-electron chi connectivity index (χ3n) is 1.11. The predicted octanol–water partition coefficient (Wildman–Crippen LogP) is 1.05. The molecule has 0 saturated carbocycles. The molecule has 0 aliphatic carbocycles. The van der Waals surface area contributed by atoms with Gasteiger partial charge in [0.25, 0.3) is 0 Å². The third-order valence-corrected chi connectivity index (χ3v) is 1.11. The van der Waals surface area contributed by atoms with Gasteiger partial charge in [0.05, 0.1) is 0 Å². The standard InChI is InChI=1S/C5H10N2/c1-3-5-6-7(5)4-2/h3-4H2,1-2H3. The zero-order chi connectivity index (χ0) is 5.28. The lowest BCUT2D eigenvalue weighted by Crippen LogP contribution is -2.01. The van der Waals surface area contributed by atoms with E-state index in [4.69, 9.17) is 0 Å². The Kier molecular flexibility index (Phi) is 1.01. The van der Waals surface area contributed by atoms with Crippen LogP contribution in [0.25, 0.3) is 0 Å². The van der Waals surface area contributed by atoms with Crippen molar-refractivity contribution in [2.75, 3.05) is 6.54 Å². The topological polar surface area (TPSA) is 15.4 Å². The van der Waals surface area contributed by atoms with Crippen LogP contribution >= 0.6 is 0 Å². The lowest BCUT2D eigenvalue weighted by atomic mass is 10.5. The van der Waals surface area contributed by atoms with E-state index in [2.05, 4.69) is 18.9 Å². The van der Waals surface area contributed by atoms with Gasteiger partial charge in [-0.1, -0.05) is 6.92 Å². The minimum atomic E-state index is 1.04. The van der Waals surface area contributed by atoms with Crippen LogP contribution in [-0.4, -0.2) is 17.4 Å². The van der Waals surface area contributed by atoms with E-state index in [1.165, 1.54) is 5.84 Å². The average molecular weight is 98.1 g/mol. The number of nitrogens with zero attached hydrogens (tertiary/aromatic N) is 2. The monoisotopic (exact) mass is 98.1 g/mol. The molecule has 0 aromatic carbocycles. The summed E-state index contributed by atoms with van der Waals surface area (Å²) in [5.74, 6) is 1.25. The van der Waals surface area contributed by atoms with Gasteiger partial charge in [0.1, 0.15) is 5.84 Å². The zero-order valence-corrected chi connectivity index (χ0v) is 4.81. The highest BCUT2D eigenvalue weighted by Crippen LogP contribution is 2.10. The minimum absolute atomic E-state index is 1.04. The molecule has 1 heterocycles. The molecule has 0 N–H and O–H groups in total. The maximum absolute atomic E-state index is 4.04. The zero-order valence-electron chi connectivity index (χ0n) is 4.81. The fourth-order valence-corrected chi connectivity index (χ4v) is 0.623. The second-order valence-corrected chi connectivity index (χ2v) is 1.59. The number of amidine groups is 1. The van der Waals surface area contributed by atoms with E-state index in [-0.39, 0.29) is 0 Å². The van der Waals surface area contributed by atoms with Crippen LogP contribution in [0.4, 0.5) is 0 Å². The van der Waals surface area contributed by atoms with Gasteiger partial charge < -0.3 is 0 Å². The molecule has 0 aromatic heterocycles. The SMILES string of the molecule is CCC1=NN1CC. The largest absolute Gasteiger partial charge is 0.248 e. The van der Waals surface area contributed by atoms with Crippen molar-refractivity contribution in [3.8, 4) is 0 Å². The van der Waals surface area contributed by atoms with Crippen molar-refractivity contribution in [1.82, 2.24) is 5.01 Å². The Hall–Kier alpha value is -0.530. The first-order chi connectivity index (χ1) is 3.38. The van der Waals surface area contributed by atoms with Gasteiger partial charge in [-0.15, -0.1) is 0 Å². The van der Waals surface area contributed by atoms with Gasteiger partial charge >= 0.3 is 0 Å². The minimum Gasteiger partial charge on any atom is -0.248 e. The molecule has 0 aromatic rings. The molecule has 40 valence electrons.